The highest BCUT2D eigenvalue weighted by molar-refractivity contribution is 5.83. The quantitative estimate of drug-likeness (QED) is 0.695. The lowest BCUT2D eigenvalue weighted by atomic mass is 9.82. The van der Waals surface area contributed by atoms with E-state index < -0.39 is 35.9 Å². The monoisotopic (exact) mass is 375 g/mol. The molecule has 3 atom stereocenters. The number of carbonyl (C=O) groups excluding carboxylic acids is 2. The van der Waals surface area contributed by atoms with E-state index in [4.69, 9.17) is 4.74 Å². The molecule has 0 bridgehead atoms. The summed E-state index contributed by atoms with van der Waals surface area (Å²) >= 11 is 0. The molecule has 26 heavy (non-hydrogen) atoms. The van der Waals surface area contributed by atoms with Crippen LogP contribution in [0.3, 0.4) is 0 Å². The molecule has 10 heteroatoms. The normalized spacial score (nSPS) is 25.9. The number of benzene rings is 1. The maximum absolute atomic E-state index is 13.5. The third kappa shape index (κ3) is 3.55. The van der Waals surface area contributed by atoms with Crippen LogP contribution in [-0.2, 0) is 9.53 Å². The molecule has 2 amide bonds. The zero-order valence-electron chi connectivity index (χ0n) is 14.4. The van der Waals surface area contributed by atoms with Crippen molar-refractivity contribution >= 4 is 17.7 Å². The number of carbonyl (C=O) groups is 2. The van der Waals surface area contributed by atoms with Crippen molar-refractivity contribution < 1.29 is 32.6 Å². The first-order valence-corrected chi connectivity index (χ1v) is 7.83. The number of aliphatic hydroxyl groups is 1. The number of alkyl halides is 3. The Morgan fingerprint density at radius 3 is 2.35 bits per heavy atom. The van der Waals surface area contributed by atoms with Crippen LogP contribution in [0, 0.1) is 5.92 Å². The van der Waals surface area contributed by atoms with Crippen molar-refractivity contribution in [3.8, 4) is 0 Å². The lowest BCUT2D eigenvalue weighted by Gasteiger charge is -2.44. The highest BCUT2D eigenvalue weighted by Crippen LogP contribution is 2.43. The first-order valence-electron chi connectivity index (χ1n) is 7.83. The Bertz CT molecular complexity index is 678. The Morgan fingerprint density at radius 1 is 1.31 bits per heavy atom. The number of hydrogen-bond donors (Lipinski definition) is 3. The average molecular weight is 375 g/mol. The third-order valence-corrected chi connectivity index (χ3v) is 4.12. The van der Waals surface area contributed by atoms with Crippen LogP contribution in [0.2, 0.25) is 0 Å². The van der Waals surface area contributed by atoms with Crippen molar-refractivity contribution in [3.63, 3.8) is 0 Å². The van der Waals surface area contributed by atoms with Gasteiger partial charge in [-0.15, -0.1) is 0 Å². The number of ether oxygens (including phenoxy) is 1. The summed E-state index contributed by atoms with van der Waals surface area (Å²) in [6, 6.07) is 3.54. The van der Waals surface area contributed by atoms with Gasteiger partial charge in [-0.2, -0.15) is 13.2 Å². The van der Waals surface area contributed by atoms with Gasteiger partial charge in [-0.05, 0) is 24.6 Å². The Kier molecular flexibility index (Phi) is 5.36. The molecular weight excluding hydrogens is 355 g/mol. The molecule has 2 rings (SSSR count). The fraction of sp³-hybridized carbons (Fsp3) is 0.500. The zero-order valence-corrected chi connectivity index (χ0v) is 14.4. The van der Waals surface area contributed by atoms with E-state index >= 15 is 0 Å². The van der Waals surface area contributed by atoms with Gasteiger partial charge in [0, 0.05) is 19.8 Å². The van der Waals surface area contributed by atoms with Crippen molar-refractivity contribution in [1.29, 1.82) is 0 Å². The summed E-state index contributed by atoms with van der Waals surface area (Å²) < 4.78 is 45.2. The van der Waals surface area contributed by atoms with Gasteiger partial charge in [-0.1, -0.05) is 12.1 Å². The topological polar surface area (TPSA) is 90.9 Å². The number of hydrogen-bond acceptors (Lipinski definition) is 5. The van der Waals surface area contributed by atoms with Crippen molar-refractivity contribution in [3.05, 3.63) is 29.8 Å². The summed E-state index contributed by atoms with van der Waals surface area (Å²) in [5.74, 6) is -3.40. The number of halogens is 3. The first-order chi connectivity index (χ1) is 12.0. The molecular formula is C16H20F3N3O4. The molecule has 0 spiro atoms. The summed E-state index contributed by atoms with van der Waals surface area (Å²) in [5.41, 5.74) is -2.76. The van der Waals surface area contributed by atoms with Gasteiger partial charge in [0.05, 0.1) is 12.6 Å². The van der Waals surface area contributed by atoms with Crippen LogP contribution in [0.4, 0.5) is 23.7 Å². The molecule has 0 aliphatic carbocycles. The number of esters is 1. The van der Waals surface area contributed by atoms with E-state index in [-0.39, 0.29) is 12.2 Å². The molecule has 144 valence electrons. The van der Waals surface area contributed by atoms with Crippen molar-refractivity contribution in [2.75, 3.05) is 25.6 Å². The number of rotatable bonds is 4. The molecule has 0 saturated carbocycles. The fourth-order valence-corrected chi connectivity index (χ4v) is 2.79. The van der Waals surface area contributed by atoms with Crippen molar-refractivity contribution in [1.82, 2.24) is 10.6 Å². The predicted octanol–water partition coefficient (Wildman–Crippen LogP) is 1.54. The third-order valence-electron chi connectivity index (χ3n) is 4.12. The minimum absolute atomic E-state index is 0.177. The van der Waals surface area contributed by atoms with Gasteiger partial charge >= 0.3 is 18.2 Å². The molecule has 1 saturated heterocycles. The molecule has 0 unspecified atom stereocenters. The zero-order chi connectivity index (χ0) is 19.7. The second kappa shape index (κ2) is 7.02. The van der Waals surface area contributed by atoms with Crippen LogP contribution in [0.15, 0.2) is 24.3 Å². The Hall–Kier alpha value is -2.49. The van der Waals surface area contributed by atoms with Crippen LogP contribution in [-0.4, -0.2) is 49.7 Å². The summed E-state index contributed by atoms with van der Waals surface area (Å²) in [4.78, 5) is 25.8. The van der Waals surface area contributed by atoms with Gasteiger partial charge in [-0.3, -0.25) is 4.79 Å². The molecule has 1 fully saturated rings. The molecule has 1 aliphatic rings. The molecule has 1 heterocycles. The van der Waals surface area contributed by atoms with Crippen LogP contribution in [0.25, 0.3) is 0 Å². The minimum atomic E-state index is -5.29. The van der Waals surface area contributed by atoms with E-state index in [9.17, 15) is 27.9 Å². The smallest absolute Gasteiger partial charge is 0.437 e. The van der Waals surface area contributed by atoms with Crippen LogP contribution < -0.4 is 15.5 Å². The fourth-order valence-electron chi connectivity index (χ4n) is 2.79. The van der Waals surface area contributed by atoms with E-state index in [2.05, 4.69) is 5.32 Å². The first kappa shape index (κ1) is 19.8. The second-order valence-corrected chi connectivity index (χ2v) is 6.06. The van der Waals surface area contributed by atoms with E-state index in [1.54, 1.807) is 31.1 Å². The highest BCUT2D eigenvalue weighted by atomic mass is 19.4. The van der Waals surface area contributed by atoms with Gasteiger partial charge in [0.25, 0.3) is 5.72 Å². The minimum Gasteiger partial charge on any atom is -0.466 e. The summed E-state index contributed by atoms with van der Waals surface area (Å²) in [5, 5.41) is 13.9. The number of urea groups is 1. The number of nitrogens with zero attached hydrogens (tertiary/aromatic N) is 1. The highest BCUT2D eigenvalue weighted by Gasteiger charge is 2.67. The van der Waals surface area contributed by atoms with E-state index in [1.165, 1.54) is 24.4 Å². The van der Waals surface area contributed by atoms with Crippen LogP contribution in [0.1, 0.15) is 18.5 Å². The molecule has 1 aliphatic heterocycles. The standard InChI is InChI=1S/C16H20F3N3O4/c1-4-26-13(23)11-12(9-5-7-10(8-6-9)22(2)3)20-14(24)21-15(11,25)16(17,18)19/h5-8,11-12,25H,4H2,1-3H3,(H2,20,21,24)/t11-,12+,15+/m1/s1. The average Bonchev–Trinajstić information content (AvgIpc) is 2.53. The van der Waals surface area contributed by atoms with E-state index in [0.717, 1.165) is 5.69 Å². The molecule has 3 N–H and O–H groups in total. The van der Waals surface area contributed by atoms with Gasteiger partial charge in [0.2, 0.25) is 0 Å². The molecule has 7 nitrogen and oxygen atoms in total. The molecule has 0 aromatic heterocycles. The largest absolute Gasteiger partial charge is 0.466 e. The Morgan fingerprint density at radius 2 is 1.88 bits per heavy atom. The second-order valence-electron chi connectivity index (χ2n) is 6.06. The number of nitrogens with one attached hydrogen (secondary N) is 2. The van der Waals surface area contributed by atoms with Gasteiger partial charge in [0.15, 0.2) is 0 Å². The van der Waals surface area contributed by atoms with Gasteiger partial charge in [-0.25, -0.2) is 4.79 Å². The lowest BCUT2D eigenvalue weighted by Crippen LogP contribution is -2.73. The van der Waals surface area contributed by atoms with E-state index in [0.29, 0.717) is 0 Å². The maximum Gasteiger partial charge on any atom is 0.437 e. The molecule has 1 aromatic rings. The number of amides is 2. The Balaban J connectivity index is 2.52. The lowest BCUT2D eigenvalue weighted by molar-refractivity contribution is -0.294. The van der Waals surface area contributed by atoms with Crippen molar-refractivity contribution in [2.45, 2.75) is 24.9 Å². The van der Waals surface area contributed by atoms with E-state index in [1.807, 2.05) is 0 Å². The van der Waals surface area contributed by atoms with Crippen LogP contribution >= 0.6 is 0 Å². The summed E-state index contributed by atoms with van der Waals surface area (Å²) in [6.07, 6.45) is -5.29. The summed E-state index contributed by atoms with van der Waals surface area (Å²) in [7, 11) is 3.57. The SMILES string of the molecule is CCOC(=O)[C@H]1[C@H](c2ccc(N(C)C)cc2)NC(=O)N[C@@]1(O)C(F)(F)F. The predicted molar refractivity (Wildman–Crippen MR) is 86.3 cm³/mol. The molecule has 1 aromatic carbocycles. The van der Waals surface area contributed by atoms with Crippen molar-refractivity contribution in [2.24, 2.45) is 5.92 Å². The number of anilines is 1. The maximum atomic E-state index is 13.5. The van der Waals surface area contributed by atoms with Gasteiger partial charge in [0.1, 0.15) is 5.92 Å². The van der Waals surface area contributed by atoms with Gasteiger partial charge < -0.3 is 25.4 Å². The van der Waals surface area contributed by atoms with Crippen LogP contribution in [0.5, 0.6) is 0 Å². The Labute approximate surface area is 148 Å². The summed E-state index contributed by atoms with van der Waals surface area (Å²) in [6.45, 7) is 1.25. The molecule has 0 radical (unpaired) electrons.